The number of anilines is 1. The number of aldehydes is 1. The maximum atomic E-state index is 11.2. The van der Waals surface area contributed by atoms with Crippen LogP contribution >= 0.6 is 0 Å². The molecule has 0 N–H and O–H groups in total. The van der Waals surface area contributed by atoms with Crippen molar-refractivity contribution in [2.24, 2.45) is 0 Å². The van der Waals surface area contributed by atoms with Crippen LogP contribution in [0.15, 0.2) is 48.5 Å². The predicted molar refractivity (Wildman–Crippen MR) is 86.4 cm³/mol. The van der Waals surface area contributed by atoms with E-state index in [0.29, 0.717) is 5.56 Å². The van der Waals surface area contributed by atoms with Crippen molar-refractivity contribution in [2.45, 2.75) is 19.4 Å². The molecule has 3 heteroatoms. The molecule has 1 unspecified atom stereocenters. The van der Waals surface area contributed by atoms with Crippen LogP contribution in [0.4, 0.5) is 5.69 Å². The fourth-order valence-corrected chi connectivity index (χ4v) is 2.47. The van der Waals surface area contributed by atoms with Gasteiger partial charge in [-0.15, -0.1) is 0 Å². The van der Waals surface area contributed by atoms with Gasteiger partial charge in [0.2, 0.25) is 0 Å². The lowest BCUT2D eigenvalue weighted by molar-refractivity contribution is 0.112. The van der Waals surface area contributed by atoms with Crippen molar-refractivity contribution in [1.82, 2.24) is 0 Å². The van der Waals surface area contributed by atoms with E-state index in [-0.39, 0.29) is 6.04 Å². The number of para-hydroxylation sites is 2. The lowest BCUT2D eigenvalue weighted by atomic mass is 10.0. The van der Waals surface area contributed by atoms with Crippen molar-refractivity contribution < 1.29 is 9.53 Å². The number of likely N-dealkylation sites (N-methyl/N-ethyl adjacent to an activating group) is 1. The summed E-state index contributed by atoms with van der Waals surface area (Å²) in [6, 6.07) is 15.9. The molecular formula is C18H21NO2. The van der Waals surface area contributed by atoms with Gasteiger partial charge in [-0.1, -0.05) is 30.3 Å². The van der Waals surface area contributed by atoms with E-state index in [4.69, 9.17) is 4.74 Å². The molecule has 0 spiro atoms. The second kappa shape index (κ2) is 6.93. The number of carbonyl (C=O) groups is 1. The summed E-state index contributed by atoms with van der Waals surface area (Å²) in [6.07, 6.45) is 1.76. The molecule has 2 aromatic rings. The number of benzene rings is 2. The van der Waals surface area contributed by atoms with E-state index >= 15 is 0 Å². The quantitative estimate of drug-likeness (QED) is 0.759. The molecule has 0 saturated heterocycles. The molecule has 110 valence electrons. The molecule has 2 aromatic carbocycles. The standard InChI is InChI=1S/C18H21NO2/c1-14(12-15-8-5-7-11-18(15)21-3)19(2)17-10-6-4-9-16(17)13-20/h4-11,13-14H,12H2,1-3H3. The Morgan fingerprint density at radius 3 is 2.52 bits per heavy atom. The van der Waals surface area contributed by atoms with Crippen molar-refractivity contribution in [3.63, 3.8) is 0 Å². The predicted octanol–water partition coefficient (Wildman–Crippen LogP) is 3.58. The summed E-state index contributed by atoms with van der Waals surface area (Å²) in [6.45, 7) is 2.15. The highest BCUT2D eigenvalue weighted by molar-refractivity contribution is 5.84. The minimum Gasteiger partial charge on any atom is -0.496 e. The zero-order chi connectivity index (χ0) is 15.2. The molecule has 0 aliphatic rings. The van der Waals surface area contributed by atoms with Gasteiger partial charge in [0.1, 0.15) is 5.75 Å². The Hall–Kier alpha value is -2.29. The molecule has 2 rings (SSSR count). The van der Waals surface area contributed by atoms with Crippen molar-refractivity contribution in [3.8, 4) is 5.75 Å². The average molecular weight is 283 g/mol. The van der Waals surface area contributed by atoms with Crippen LogP contribution in [0.2, 0.25) is 0 Å². The number of rotatable bonds is 6. The molecule has 0 bridgehead atoms. The van der Waals surface area contributed by atoms with Crippen LogP contribution < -0.4 is 9.64 Å². The highest BCUT2D eigenvalue weighted by Crippen LogP contribution is 2.24. The van der Waals surface area contributed by atoms with E-state index in [2.05, 4.69) is 17.9 Å². The lowest BCUT2D eigenvalue weighted by Gasteiger charge is -2.28. The van der Waals surface area contributed by atoms with Gasteiger partial charge in [-0.3, -0.25) is 4.79 Å². The fraction of sp³-hybridized carbons (Fsp3) is 0.278. The number of nitrogens with zero attached hydrogens (tertiary/aromatic N) is 1. The Labute approximate surface area is 126 Å². The van der Waals surface area contributed by atoms with Crippen LogP contribution in [0, 0.1) is 0 Å². The first-order chi connectivity index (χ1) is 10.2. The molecule has 0 aliphatic heterocycles. The third kappa shape index (κ3) is 3.43. The molecule has 0 amide bonds. The van der Waals surface area contributed by atoms with Crippen LogP contribution in [0.3, 0.4) is 0 Å². The summed E-state index contributed by atoms with van der Waals surface area (Å²) in [7, 11) is 3.71. The largest absolute Gasteiger partial charge is 0.496 e. The van der Waals surface area contributed by atoms with Gasteiger partial charge < -0.3 is 9.64 Å². The summed E-state index contributed by atoms with van der Waals surface area (Å²) < 4.78 is 5.40. The molecule has 0 fully saturated rings. The van der Waals surface area contributed by atoms with Gasteiger partial charge in [0.15, 0.2) is 6.29 Å². The van der Waals surface area contributed by atoms with Gasteiger partial charge in [0.25, 0.3) is 0 Å². The van der Waals surface area contributed by atoms with Crippen LogP contribution in [0.5, 0.6) is 5.75 Å². The van der Waals surface area contributed by atoms with Crippen LogP contribution in [-0.4, -0.2) is 26.5 Å². The first kappa shape index (κ1) is 15.1. The third-order valence-electron chi connectivity index (χ3n) is 3.81. The molecule has 0 radical (unpaired) electrons. The zero-order valence-electron chi connectivity index (χ0n) is 12.7. The summed E-state index contributed by atoms with van der Waals surface area (Å²) in [5.74, 6) is 0.904. The second-order valence-corrected chi connectivity index (χ2v) is 5.15. The summed E-state index contributed by atoms with van der Waals surface area (Å²) in [4.78, 5) is 13.3. The molecule has 0 aliphatic carbocycles. The first-order valence-electron chi connectivity index (χ1n) is 7.06. The van der Waals surface area contributed by atoms with Crippen molar-refractivity contribution in [3.05, 3.63) is 59.7 Å². The smallest absolute Gasteiger partial charge is 0.152 e. The van der Waals surface area contributed by atoms with E-state index in [9.17, 15) is 4.79 Å². The minimum atomic E-state index is 0.252. The Kier molecular flexibility index (Phi) is 4.99. The maximum Gasteiger partial charge on any atom is 0.152 e. The van der Waals surface area contributed by atoms with E-state index in [1.54, 1.807) is 7.11 Å². The van der Waals surface area contributed by atoms with E-state index in [0.717, 1.165) is 24.1 Å². The van der Waals surface area contributed by atoms with Crippen molar-refractivity contribution in [1.29, 1.82) is 0 Å². The Bertz CT molecular complexity index is 610. The van der Waals surface area contributed by atoms with Crippen molar-refractivity contribution in [2.75, 3.05) is 19.1 Å². The van der Waals surface area contributed by atoms with Gasteiger partial charge >= 0.3 is 0 Å². The minimum absolute atomic E-state index is 0.252. The van der Waals surface area contributed by atoms with E-state index in [1.807, 2.05) is 49.5 Å². The van der Waals surface area contributed by atoms with E-state index in [1.165, 1.54) is 5.56 Å². The molecule has 21 heavy (non-hydrogen) atoms. The van der Waals surface area contributed by atoms with Gasteiger partial charge in [0, 0.05) is 24.3 Å². The Morgan fingerprint density at radius 2 is 1.81 bits per heavy atom. The second-order valence-electron chi connectivity index (χ2n) is 5.15. The SMILES string of the molecule is COc1ccccc1CC(C)N(C)c1ccccc1C=O. The molecule has 0 heterocycles. The normalized spacial score (nSPS) is 11.8. The molecule has 1 atom stereocenters. The Morgan fingerprint density at radius 1 is 1.14 bits per heavy atom. The van der Waals surface area contributed by atoms with Crippen LogP contribution in [0.1, 0.15) is 22.8 Å². The van der Waals surface area contributed by atoms with Crippen LogP contribution in [0.25, 0.3) is 0 Å². The highest BCUT2D eigenvalue weighted by atomic mass is 16.5. The lowest BCUT2D eigenvalue weighted by Crippen LogP contribution is -2.31. The van der Waals surface area contributed by atoms with Crippen LogP contribution in [-0.2, 0) is 6.42 Å². The third-order valence-corrected chi connectivity index (χ3v) is 3.81. The number of methoxy groups -OCH3 is 1. The topological polar surface area (TPSA) is 29.5 Å². The highest BCUT2D eigenvalue weighted by Gasteiger charge is 2.15. The molecule has 0 aromatic heterocycles. The number of hydrogen-bond acceptors (Lipinski definition) is 3. The average Bonchev–Trinajstić information content (AvgIpc) is 2.54. The van der Waals surface area contributed by atoms with Gasteiger partial charge in [-0.25, -0.2) is 0 Å². The summed E-state index contributed by atoms with van der Waals surface area (Å²) in [5, 5.41) is 0. The fourth-order valence-electron chi connectivity index (χ4n) is 2.47. The summed E-state index contributed by atoms with van der Waals surface area (Å²) >= 11 is 0. The first-order valence-corrected chi connectivity index (χ1v) is 7.06. The Balaban J connectivity index is 2.19. The number of ether oxygens (including phenoxy) is 1. The zero-order valence-corrected chi connectivity index (χ0v) is 12.7. The number of carbonyl (C=O) groups excluding carboxylic acids is 1. The molecule has 3 nitrogen and oxygen atoms in total. The van der Waals surface area contributed by atoms with Crippen molar-refractivity contribution >= 4 is 12.0 Å². The van der Waals surface area contributed by atoms with Gasteiger partial charge in [-0.05, 0) is 37.1 Å². The van der Waals surface area contributed by atoms with Gasteiger partial charge in [-0.2, -0.15) is 0 Å². The maximum absolute atomic E-state index is 11.2. The summed E-state index contributed by atoms with van der Waals surface area (Å²) in [5.41, 5.74) is 2.84. The molecule has 0 saturated carbocycles. The monoisotopic (exact) mass is 283 g/mol. The molecular weight excluding hydrogens is 262 g/mol. The van der Waals surface area contributed by atoms with Gasteiger partial charge in [0.05, 0.1) is 7.11 Å². The number of hydrogen-bond donors (Lipinski definition) is 0. The van der Waals surface area contributed by atoms with E-state index < -0.39 is 0 Å².